The number of imidazole rings is 1. The molecule has 0 saturated carbocycles. The van der Waals surface area contributed by atoms with Gasteiger partial charge in [0.1, 0.15) is 0 Å². The van der Waals surface area contributed by atoms with Crippen molar-refractivity contribution in [3.63, 3.8) is 0 Å². The Labute approximate surface area is 120 Å². The van der Waals surface area contributed by atoms with Crippen molar-refractivity contribution in [1.82, 2.24) is 20.6 Å². The number of benzene rings is 1. The topological polar surface area (TPSA) is 86.9 Å². The van der Waals surface area contributed by atoms with Crippen molar-refractivity contribution in [1.29, 1.82) is 0 Å². The molecule has 1 heterocycles. The molecule has 0 aliphatic carbocycles. The van der Waals surface area contributed by atoms with Gasteiger partial charge in [-0.05, 0) is 18.2 Å². The first kappa shape index (κ1) is 14.1. The smallest absolute Gasteiger partial charge is 0.251 e. The maximum Gasteiger partial charge on any atom is 0.251 e. The van der Waals surface area contributed by atoms with Crippen molar-refractivity contribution in [2.75, 3.05) is 6.54 Å². The number of carbonyl (C=O) groups is 2. The van der Waals surface area contributed by atoms with Crippen LogP contribution in [0.1, 0.15) is 16.1 Å². The van der Waals surface area contributed by atoms with Crippen molar-refractivity contribution in [2.24, 2.45) is 0 Å². The highest BCUT2D eigenvalue weighted by atomic mass is 35.5. The Morgan fingerprint density at radius 2 is 2.15 bits per heavy atom. The number of nitrogens with zero attached hydrogens (tertiary/aromatic N) is 1. The molecule has 0 spiro atoms. The van der Waals surface area contributed by atoms with Crippen LogP contribution in [-0.4, -0.2) is 28.3 Å². The summed E-state index contributed by atoms with van der Waals surface area (Å²) in [5.41, 5.74) is 1.21. The molecular weight excluding hydrogens is 280 g/mol. The predicted molar refractivity (Wildman–Crippen MR) is 74.2 cm³/mol. The Kier molecular flexibility index (Phi) is 4.73. The molecule has 20 heavy (non-hydrogen) atoms. The first-order valence-corrected chi connectivity index (χ1v) is 6.30. The van der Waals surface area contributed by atoms with Crippen LogP contribution in [0, 0.1) is 0 Å². The number of nitrogens with one attached hydrogen (secondary N) is 3. The molecule has 0 bridgehead atoms. The first-order valence-electron chi connectivity index (χ1n) is 5.93. The van der Waals surface area contributed by atoms with Crippen molar-refractivity contribution in [3.8, 4) is 0 Å². The molecular formula is C13H13ClN4O2. The molecule has 3 N–H and O–H groups in total. The molecule has 0 unspecified atom stereocenters. The van der Waals surface area contributed by atoms with E-state index < -0.39 is 0 Å². The molecule has 1 aromatic carbocycles. The number of rotatable bonds is 5. The van der Waals surface area contributed by atoms with Crippen LogP contribution in [0.15, 0.2) is 36.8 Å². The zero-order valence-corrected chi connectivity index (χ0v) is 11.3. The fourth-order valence-electron chi connectivity index (χ4n) is 1.53. The lowest BCUT2D eigenvalue weighted by Crippen LogP contribution is -2.36. The van der Waals surface area contributed by atoms with Crippen molar-refractivity contribution < 1.29 is 9.59 Å². The highest BCUT2D eigenvalue weighted by Crippen LogP contribution is 2.10. The van der Waals surface area contributed by atoms with E-state index in [2.05, 4.69) is 20.6 Å². The number of halogens is 1. The van der Waals surface area contributed by atoms with E-state index in [-0.39, 0.29) is 18.4 Å². The molecule has 0 radical (unpaired) electrons. The maximum atomic E-state index is 11.8. The van der Waals surface area contributed by atoms with Crippen LogP contribution in [0.4, 0.5) is 0 Å². The van der Waals surface area contributed by atoms with Crippen molar-refractivity contribution in [3.05, 3.63) is 53.1 Å². The molecule has 2 amide bonds. The normalized spacial score (nSPS) is 10.1. The third-order valence-electron chi connectivity index (χ3n) is 2.53. The standard InChI is InChI=1S/C13H13ClN4O2/c14-10-3-1-2-9(4-10)13(20)17-7-12(19)16-6-11-5-15-8-18-11/h1-5,8H,6-7H2,(H,15,18)(H,16,19)(H,17,20). The molecule has 2 aromatic rings. The molecule has 0 aliphatic heterocycles. The van der Waals surface area contributed by atoms with Gasteiger partial charge in [-0.15, -0.1) is 0 Å². The van der Waals surface area contributed by atoms with Gasteiger partial charge >= 0.3 is 0 Å². The van der Waals surface area contributed by atoms with E-state index in [1.165, 1.54) is 6.33 Å². The molecule has 0 atom stereocenters. The monoisotopic (exact) mass is 292 g/mol. The minimum absolute atomic E-state index is 0.0977. The number of hydrogen-bond donors (Lipinski definition) is 3. The Morgan fingerprint density at radius 3 is 2.85 bits per heavy atom. The quantitative estimate of drug-likeness (QED) is 0.771. The molecule has 1 aromatic heterocycles. The second kappa shape index (κ2) is 6.72. The average Bonchev–Trinajstić information content (AvgIpc) is 2.95. The van der Waals surface area contributed by atoms with E-state index in [0.29, 0.717) is 17.1 Å². The number of aromatic nitrogens is 2. The molecule has 104 valence electrons. The van der Waals surface area contributed by atoms with Crippen LogP contribution in [-0.2, 0) is 11.3 Å². The maximum absolute atomic E-state index is 11.8. The van der Waals surface area contributed by atoms with Crippen LogP contribution in [0.3, 0.4) is 0 Å². The minimum Gasteiger partial charge on any atom is -0.349 e. The van der Waals surface area contributed by atoms with Crippen molar-refractivity contribution >= 4 is 23.4 Å². The Balaban J connectivity index is 1.77. The zero-order chi connectivity index (χ0) is 14.4. The summed E-state index contributed by atoms with van der Waals surface area (Å²) in [6.07, 6.45) is 3.15. The van der Waals surface area contributed by atoms with Gasteiger partial charge in [-0.1, -0.05) is 17.7 Å². The van der Waals surface area contributed by atoms with Crippen LogP contribution in [0.5, 0.6) is 0 Å². The van der Waals surface area contributed by atoms with Gasteiger partial charge < -0.3 is 15.6 Å². The summed E-state index contributed by atoms with van der Waals surface area (Å²) in [5, 5.41) is 5.65. The highest BCUT2D eigenvalue weighted by molar-refractivity contribution is 6.30. The second-order valence-corrected chi connectivity index (χ2v) is 4.48. The molecule has 6 nitrogen and oxygen atoms in total. The van der Waals surface area contributed by atoms with Gasteiger partial charge in [0, 0.05) is 16.8 Å². The van der Waals surface area contributed by atoms with E-state index in [1.54, 1.807) is 30.5 Å². The highest BCUT2D eigenvalue weighted by Gasteiger charge is 2.08. The summed E-state index contributed by atoms with van der Waals surface area (Å²) >= 11 is 5.79. The van der Waals surface area contributed by atoms with Gasteiger partial charge in [0.15, 0.2) is 0 Å². The average molecular weight is 293 g/mol. The summed E-state index contributed by atoms with van der Waals surface area (Å²) in [7, 11) is 0. The Morgan fingerprint density at radius 1 is 1.30 bits per heavy atom. The zero-order valence-electron chi connectivity index (χ0n) is 10.5. The van der Waals surface area contributed by atoms with Crippen molar-refractivity contribution in [2.45, 2.75) is 6.54 Å². The van der Waals surface area contributed by atoms with Gasteiger partial charge in [0.2, 0.25) is 5.91 Å². The molecule has 0 fully saturated rings. The minimum atomic E-state index is -0.343. The summed E-state index contributed by atoms with van der Waals surface area (Å²) in [4.78, 5) is 30.0. The second-order valence-electron chi connectivity index (χ2n) is 4.05. The number of aromatic amines is 1. The SMILES string of the molecule is O=C(CNC(=O)c1cccc(Cl)c1)NCc1cnc[nH]1. The third-order valence-corrected chi connectivity index (χ3v) is 2.76. The van der Waals surface area contributed by atoms with Gasteiger partial charge in [0.25, 0.3) is 5.91 Å². The molecule has 0 aliphatic rings. The van der Waals surface area contributed by atoms with Crippen LogP contribution in [0.2, 0.25) is 5.02 Å². The lowest BCUT2D eigenvalue weighted by Gasteiger charge is -2.06. The van der Waals surface area contributed by atoms with E-state index in [4.69, 9.17) is 11.6 Å². The fourth-order valence-corrected chi connectivity index (χ4v) is 1.72. The van der Waals surface area contributed by atoms with E-state index in [9.17, 15) is 9.59 Å². The van der Waals surface area contributed by atoms with E-state index in [1.807, 2.05) is 0 Å². The molecule has 2 rings (SSSR count). The van der Waals surface area contributed by atoms with Crippen LogP contribution < -0.4 is 10.6 Å². The summed E-state index contributed by atoms with van der Waals surface area (Å²) in [6, 6.07) is 6.52. The molecule has 0 saturated heterocycles. The lowest BCUT2D eigenvalue weighted by molar-refractivity contribution is -0.120. The van der Waals surface area contributed by atoms with Crippen LogP contribution >= 0.6 is 11.6 Å². The molecule has 7 heteroatoms. The van der Waals surface area contributed by atoms with Gasteiger partial charge in [0.05, 0.1) is 25.1 Å². The predicted octanol–water partition coefficient (Wildman–Crippen LogP) is 1.11. The summed E-state index contributed by atoms with van der Waals surface area (Å²) in [5.74, 6) is -0.626. The third kappa shape index (κ3) is 4.10. The first-order chi connectivity index (χ1) is 9.65. The largest absolute Gasteiger partial charge is 0.349 e. The Hall–Kier alpha value is -2.34. The van der Waals surface area contributed by atoms with Gasteiger partial charge in [-0.3, -0.25) is 9.59 Å². The number of H-pyrrole nitrogens is 1. The van der Waals surface area contributed by atoms with E-state index >= 15 is 0 Å². The summed E-state index contributed by atoms with van der Waals surface area (Å²) in [6.45, 7) is 0.241. The lowest BCUT2D eigenvalue weighted by atomic mass is 10.2. The number of amides is 2. The number of hydrogen-bond acceptors (Lipinski definition) is 3. The van der Waals surface area contributed by atoms with E-state index in [0.717, 1.165) is 5.69 Å². The van der Waals surface area contributed by atoms with Crippen LogP contribution in [0.25, 0.3) is 0 Å². The van der Waals surface area contributed by atoms with Gasteiger partial charge in [-0.25, -0.2) is 4.98 Å². The Bertz CT molecular complexity index is 598. The fraction of sp³-hybridized carbons (Fsp3) is 0.154. The van der Waals surface area contributed by atoms with Gasteiger partial charge in [-0.2, -0.15) is 0 Å². The summed E-state index contributed by atoms with van der Waals surface area (Å²) < 4.78 is 0. The number of carbonyl (C=O) groups excluding carboxylic acids is 2.